The van der Waals surface area contributed by atoms with Crippen molar-refractivity contribution in [3.05, 3.63) is 150 Å². The second-order valence-electron chi connectivity index (χ2n) is 12.3. The summed E-state index contributed by atoms with van der Waals surface area (Å²) in [6.45, 7) is 0. The third-order valence-corrected chi connectivity index (χ3v) is 11.0. The molecule has 4 heterocycles. The van der Waals surface area contributed by atoms with Gasteiger partial charge in [0.25, 0.3) is 5.56 Å². The van der Waals surface area contributed by atoms with Crippen molar-refractivity contribution in [1.82, 2.24) is 14.0 Å². The van der Waals surface area contributed by atoms with E-state index in [9.17, 15) is 4.79 Å². The van der Waals surface area contributed by atoms with Crippen LogP contribution in [0.5, 0.6) is 0 Å². The molecule has 0 bridgehead atoms. The third-order valence-electron chi connectivity index (χ3n) is 9.86. The highest BCUT2D eigenvalue weighted by Crippen LogP contribution is 2.48. The Morgan fingerprint density at radius 3 is 1.98 bits per heavy atom. The van der Waals surface area contributed by atoms with Crippen LogP contribution in [0.3, 0.4) is 0 Å². The smallest absolute Gasteiger partial charge is 0.266 e. The van der Waals surface area contributed by atoms with Crippen LogP contribution < -0.4 is 5.56 Å². The van der Waals surface area contributed by atoms with E-state index in [0.29, 0.717) is 16.6 Å². The first-order valence-electron chi connectivity index (χ1n) is 15.8. The van der Waals surface area contributed by atoms with Crippen molar-refractivity contribution < 1.29 is 0 Å². The van der Waals surface area contributed by atoms with Gasteiger partial charge in [0.2, 0.25) is 0 Å². The molecule has 0 unspecified atom stereocenters. The summed E-state index contributed by atoms with van der Waals surface area (Å²) in [6, 6.07) is 48.8. The topological polar surface area (TPSA) is 39.3 Å². The predicted octanol–water partition coefficient (Wildman–Crippen LogP) is 10.8. The highest BCUT2D eigenvalue weighted by Gasteiger charge is 2.22. The van der Waals surface area contributed by atoms with E-state index in [-0.39, 0.29) is 5.56 Å². The van der Waals surface area contributed by atoms with Gasteiger partial charge in [-0.2, -0.15) is 0 Å². The minimum atomic E-state index is -0.0470. The molecule has 5 heteroatoms. The summed E-state index contributed by atoms with van der Waals surface area (Å²) in [5.74, 6) is 0. The summed E-state index contributed by atoms with van der Waals surface area (Å²) in [5.41, 5.74) is 5.67. The molecular formula is C42H23N3OS. The second-order valence-corrected chi connectivity index (χ2v) is 13.3. The van der Waals surface area contributed by atoms with Gasteiger partial charge >= 0.3 is 0 Å². The molecule has 0 aliphatic carbocycles. The maximum absolute atomic E-state index is 13.9. The number of rotatable bonds is 1. The number of aromatic nitrogens is 3. The molecule has 0 aliphatic heterocycles. The van der Waals surface area contributed by atoms with Crippen LogP contribution in [-0.2, 0) is 0 Å². The molecule has 218 valence electrons. The molecule has 47 heavy (non-hydrogen) atoms. The Balaban J connectivity index is 1.35. The largest absolute Gasteiger partial charge is 0.308 e. The minimum absolute atomic E-state index is 0.0470. The van der Waals surface area contributed by atoms with Gasteiger partial charge in [-0.25, -0.2) is 4.98 Å². The van der Waals surface area contributed by atoms with Crippen molar-refractivity contribution >= 4 is 102 Å². The highest BCUT2D eigenvalue weighted by atomic mass is 32.1. The number of benzene rings is 7. The number of para-hydroxylation sites is 3. The molecule has 0 fully saturated rings. The lowest BCUT2D eigenvalue weighted by atomic mass is 9.99. The summed E-state index contributed by atoms with van der Waals surface area (Å²) in [5, 5.41) is 11.3. The standard InChI is InChI=1S/C42H23N3OS/c46-42-29-14-3-7-17-33(29)43-41-28-22-21-24(23-32(28)25-11-4-8-18-34(25)45(41)42)44-35-19-9-5-15-30(35)37-26-12-1-2-13-27(26)38-31-16-6-10-20-36(31)47-40(38)39(37)44/h1-23H. The van der Waals surface area contributed by atoms with Gasteiger partial charge in [0.1, 0.15) is 5.65 Å². The summed E-state index contributed by atoms with van der Waals surface area (Å²) >= 11 is 1.87. The van der Waals surface area contributed by atoms with Crippen LogP contribution in [-0.4, -0.2) is 14.0 Å². The van der Waals surface area contributed by atoms with E-state index in [1.165, 1.54) is 52.8 Å². The fourth-order valence-corrected chi connectivity index (χ4v) is 9.18. The van der Waals surface area contributed by atoms with Crippen molar-refractivity contribution in [3.8, 4) is 5.69 Å². The van der Waals surface area contributed by atoms with E-state index in [4.69, 9.17) is 4.98 Å². The van der Waals surface area contributed by atoms with Gasteiger partial charge in [0.15, 0.2) is 0 Å². The molecule has 0 radical (unpaired) electrons. The normalized spacial score (nSPS) is 12.3. The molecule has 11 rings (SSSR count). The first-order valence-corrected chi connectivity index (χ1v) is 16.6. The van der Waals surface area contributed by atoms with E-state index >= 15 is 0 Å². The number of fused-ring (bicyclic) bond motifs is 17. The fraction of sp³-hybridized carbons (Fsp3) is 0. The first-order chi connectivity index (χ1) is 23.3. The zero-order chi connectivity index (χ0) is 30.8. The SMILES string of the molecule is O=c1c2ccccc2nc2c3ccc(-n4c5ccccc5c5c6ccccc6c6c7ccccc7sc6c54)cc3c3ccccc3n12. The molecule has 11 aromatic rings. The molecule has 0 saturated heterocycles. The van der Waals surface area contributed by atoms with Crippen molar-refractivity contribution in [2.75, 3.05) is 0 Å². The molecule has 0 amide bonds. The second kappa shape index (κ2) is 9.03. The Hall–Kier alpha value is -6.04. The van der Waals surface area contributed by atoms with Gasteiger partial charge < -0.3 is 4.57 Å². The maximum Gasteiger partial charge on any atom is 0.266 e. The van der Waals surface area contributed by atoms with Gasteiger partial charge in [-0.05, 0) is 64.7 Å². The lowest BCUT2D eigenvalue weighted by Crippen LogP contribution is -2.16. The first kappa shape index (κ1) is 25.2. The van der Waals surface area contributed by atoms with Crippen LogP contribution in [0, 0.1) is 0 Å². The average Bonchev–Trinajstić information content (AvgIpc) is 3.69. The zero-order valence-electron chi connectivity index (χ0n) is 24.9. The monoisotopic (exact) mass is 617 g/mol. The molecule has 4 aromatic heterocycles. The zero-order valence-corrected chi connectivity index (χ0v) is 25.8. The number of pyridine rings is 1. The van der Waals surface area contributed by atoms with Gasteiger partial charge in [-0.15, -0.1) is 11.3 Å². The Morgan fingerprint density at radius 2 is 1.15 bits per heavy atom. The Morgan fingerprint density at radius 1 is 0.511 bits per heavy atom. The molecule has 0 N–H and O–H groups in total. The van der Waals surface area contributed by atoms with Gasteiger partial charge in [-0.3, -0.25) is 9.20 Å². The van der Waals surface area contributed by atoms with Crippen molar-refractivity contribution in [1.29, 1.82) is 0 Å². The number of thiophene rings is 1. The van der Waals surface area contributed by atoms with Gasteiger partial charge in [-0.1, -0.05) is 91.0 Å². The summed E-state index contributed by atoms with van der Waals surface area (Å²) in [7, 11) is 0. The lowest BCUT2D eigenvalue weighted by Gasteiger charge is -2.15. The van der Waals surface area contributed by atoms with E-state index < -0.39 is 0 Å². The van der Waals surface area contributed by atoms with Crippen LogP contribution in [0.25, 0.3) is 96.7 Å². The van der Waals surface area contributed by atoms with E-state index in [1.54, 1.807) is 4.40 Å². The molecule has 0 atom stereocenters. The summed E-state index contributed by atoms with van der Waals surface area (Å²) in [6.07, 6.45) is 0. The van der Waals surface area contributed by atoms with Crippen molar-refractivity contribution in [2.45, 2.75) is 0 Å². The van der Waals surface area contributed by atoms with Crippen LogP contribution >= 0.6 is 11.3 Å². The molecule has 4 nitrogen and oxygen atoms in total. The van der Waals surface area contributed by atoms with Crippen LogP contribution in [0.15, 0.2) is 144 Å². The van der Waals surface area contributed by atoms with E-state index in [1.807, 2.05) is 53.8 Å². The molecular weight excluding hydrogens is 595 g/mol. The van der Waals surface area contributed by atoms with E-state index in [2.05, 4.69) is 102 Å². The average molecular weight is 618 g/mol. The fourth-order valence-electron chi connectivity index (χ4n) is 7.92. The maximum atomic E-state index is 13.9. The number of hydrogen-bond donors (Lipinski definition) is 0. The van der Waals surface area contributed by atoms with Gasteiger partial charge in [0.05, 0.1) is 32.2 Å². The quantitative estimate of drug-likeness (QED) is 0.136. The Bertz CT molecular complexity index is 3220. The van der Waals surface area contributed by atoms with Crippen molar-refractivity contribution in [2.24, 2.45) is 0 Å². The van der Waals surface area contributed by atoms with Crippen LogP contribution in [0.2, 0.25) is 0 Å². The number of hydrogen-bond acceptors (Lipinski definition) is 3. The molecule has 0 spiro atoms. The van der Waals surface area contributed by atoms with Gasteiger partial charge in [0, 0.05) is 42.7 Å². The highest BCUT2D eigenvalue weighted by molar-refractivity contribution is 7.27. The molecule has 7 aromatic carbocycles. The lowest BCUT2D eigenvalue weighted by molar-refractivity contribution is 1.14. The van der Waals surface area contributed by atoms with Crippen LogP contribution in [0.1, 0.15) is 0 Å². The molecule has 0 saturated carbocycles. The third kappa shape index (κ3) is 3.21. The van der Waals surface area contributed by atoms with Crippen LogP contribution in [0.4, 0.5) is 0 Å². The Labute approximate surface area is 271 Å². The predicted molar refractivity (Wildman–Crippen MR) is 199 cm³/mol. The minimum Gasteiger partial charge on any atom is -0.308 e. The number of nitrogens with zero attached hydrogens (tertiary/aromatic N) is 3. The Kier molecular flexibility index (Phi) is 4.84. The summed E-state index contributed by atoms with van der Waals surface area (Å²) < 4.78 is 6.82. The molecule has 0 aliphatic rings. The van der Waals surface area contributed by atoms with Crippen molar-refractivity contribution in [3.63, 3.8) is 0 Å². The van der Waals surface area contributed by atoms with E-state index in [0.717, 1.165) is 27.4 Å². The summed E-state index contributed by atoms with van der Waals surface area (Å²) in [4.78, 5) is 19.0.